The molecule has 0 aliphatic carbocycles. The summed E-state index contributed by atoms with van der Waals surface area (Å²) in [4.78, 5) is 15.5. The molecule has 0 fully saturated rings. The SMILES string of the molecule is COc1ccc(-c2nnc3ccc(OCCNC(=O)c4cc5ccccc5[nH]4)nn23)cc1. The Labute approximate surface area is 183 Å². The molecule has 1 amide bonds. The summed E-state index contributed by atoms with van der Waals surface area (Å²) in [5.41, 5.74) is 2.90. The van der Waals surface area contributed by atoms with Crippen LogP contribution in [-0.4, -0.2) is 51.0 Å². The van der Waals surface area contributed by atoms with Crippen LogP contribution in [0.1, 0.15) is 10.5 Å². The molecule has 9 nitrogen and oxygen atoms in total. The topological polar surface area (TPSA) is 106 Å². The average Bonchev–Trinajstić information content (AvgIpc) is 3.46. The molecule has 160 valence electrons. The number of carbonyl (C=O) groups excluding carboxylic acids is 1. The summed E-state index contributed by atoms with van der Waals surface area (Å²) < 4.78 is 12.5. The Bertz CT molecular complexity index is 1360. The van der Waals surface area contributed by atoms with Crippen LogP contribution < -0.4 is 14.8 Å². The number of aromatic amines is 1. The number of para-hydroxylation sites is 1. The van der Waals surface area contributed by atoms with E-state index in [-0.39, 0.29) is 12.5 Å². The summed E-state index contributed by atoms with van der Waals surface area (Å²) in [6.07, 6.45) is 0. The minimum Gasteiger partial charge on any atom is -0.497 e. The minimum atomic E-state index is -0.186. The van der Waals surface area contributed by atoms with Gasteiger partial charge in [-0.1, -0.05) is 18.2 Å². The number of rotatable bonds is 7. The van der Waals surface area contributed by atoms with Gasteiger partial charge in [-0.15, -0.1) is 15.3 Å². The maximum Gasteiger partial charge on any atom is 0.267 e. The molecule has 2 aromatic carbocycles. The van der Waals surface area contributed by atoms with Crippen LogP contribution in [0, 0.1) is 0 Å². The van der Waals surface area contributed by atoms with Crippen LogP contribution in [0.25, 0.3) is 27.9 Å². The molecule has 0 atom stereocenters. The number of amides is 1. The van der Waals surface area contributed by atoms with Gasteiger partial charge >= 0.3 is 0 Å². The van der Waals surface area contributed by atoms with E-state index in [9.17, 15) is 4.79 Å². The number of carbonyl (C=O) groups is 1. The molecular formula is C23H20N6O3. The number of fused-ring (bicyclic) bond motifs is 2. The van der Waals surface area contributed by atoms with Crippen LogP contribution in [0.5, 0.6) is 11.6 Å². The van der Waals surface area contributed by atoms with E-state index in [0.29, 0.717) is 29.6 Å². The van der Waals surface area contributed by atoms with Crippen molar-refractivity contribution in [2.45, 2.75) is 0 Å². The van der Waals surface area contributed by atoms with Crippen LogP contribution >= 0.6 is 0 Å². The van der Waals surface area contributed by atoms with E-state index in [2.05, 4.69) is 25.6 Å². The molecule has 3 heterocycles. The van der Waals surface area contributed by atoms with Crippen LogP contribution in [-0.2, 0) is 0 Å². The van der Waals surface area contributed by atoms with Gasteiger partial charge in [0.15, 0.2) is 11.5 Å². The number of benzene rings is 2. The van der Waals surface area contributed by atoms with Gasteiger partial charge in [0.25, 0.3) is 5.91 Å². The monoisotopic (exact) mass is 428 g/mol. The number of aromatic nitrogens is 5. The number of nitrogens with one attached hydrogen (secondary N) is 2. The summed E-state index contributed by atoms with van der Waals surface area (Å²) in [5.74, 6) is 1.58. The average molecular weight is 428 g/mol. The second-order valence-electron chi connectivity index (χ2n) is 7.07. The van der Waals surface area contributed by atoms with Gasteiger partial charge in [0.1, 0.15) is 18.1 Å². The van der Waals surface area contributed by atoms with E-state index in [1.807, 2.05) is 54.6 Å². The fourth-order valence-electron chi connectivity index (χ4n) is 3.38. The zero-order valence-corrected chi connectivity index (χ0v) is 17.3. The zero-order valence-electron chi connectivity index (χ0n) is 17.3. The molecule has 9 heteroatoms. The van der Waals surface area contributed by atoms with Crippen LogP contribution in [0.2, 0.25) is 0 Å². The lowest BCUT2D eigenvalue weighted by Gasteiger charge is -2.07. The molecule has 0 radical (unpaired) electrons. The Morgan fingerprint density at radius 1 is 1.06 bits per heavy atom. The van der Waals surface area contributed by atoms with Crippen molar-refractivity contribution in [3.05, 3.63) is 72.4 Å². The Balaban J connectivity index is 1.23. The fraction of sp³-hybridized carbons (Fsp3) is 0.130. The minimum absolute atomic E-state index is 0.186. The molecule has 5 rings (SSSR count). The summed E-state index contributed by atoms with van der Waals surface area (Å²) in [6, 6.07) is 20.6. The number of nitrogens with zero attached hydrogens (tertiary/aromatic N) is 4. The van der Waals surface area contributed by atoms with Gasteiger partial charge in [-0.05, 0) is 42.5 Å². The molecule has 32 heavy (non-hydrogen) atoms. The Kier molecular flexibility index (Phi) is 5.12. The smallest absolute Gasteiger partial charge is 0.267 e. The van der Waals surface area contributed by atoms with Crippen molar-refractivity contribution in [1.82, 2.24) is 30.1 Å². The Morgan fingerprint density at radius 2 is 1.91 bits per heavy atom. The largest absolute Gasteiger partial charge is 0.497 e. The standard InChI is InChI=1S/C23H20N6O3/c1-31-17-8-6-15(7-9-17)22-27-26-20-10-11-21(28-29(20)22)32-13-12-24-23(30)19-14-16-4-2-3-5-18(16)25-19/h2-11,14,25H,12-13H2,1H3,(H,24,30). The number of H-pyrrole nitrogens is 1. The van der Waals surface area contributed by atoms with E-state index in [1.165, 1.54) is 0 Å². The number of ether oxygens (including phenoxy) is 2. The predicted octanol–water partition coefficient (Wildman–Crippen LogP) is 3.09. The van der Waals surface area contributed by atoms with Gasteiger partial charge in [-0.2, -0.15) is 4.52 Å². The molecule has 0 aliphatic rings. The molecule has 0 saturated heterocycles. The Hall–Kier alpha value is -4.40. The maximum atomic E-state index is 12.4. The fourth-order valence-corrected chi connectivity index (χ4v) is 3.38. The molecule has 2 N–H and O–H groups in total. The quantitative estimate of drug-likeness (QED) is 0.386. The van der Waals surface area contributed by atoms with Gasteiger partial charge < -0.3 is 19.8 Å². The first-order chi connectivity index (χ1) is 15.7. The molecule has 0 saturated carbocycles. The highest BCUT2D eigenvalue weighted by atomic mass is 16.5. The van der Waals surface area contributed by atoms with Crippen molar-refractivity contribution < 1.29 is 14.3 Å². The molecule has 0 spiro atoms. The van der Waals surface area contributed by atoms with Gasteiger partial charge in [0.05, 0.1) is 13.7 Å². The molecule has 0 unspecified atom stereocenters. The first-order valence-electron chi connectivity index (χ1n) is 10.1. The molecule has 0 aliphatic heterocycles. The highest BCUT2D eigenvalue weighted by molar-refractivity contribution is 5.97. The highest BCUT2D eigenvalue weighted by Gasteiger charge is 2.12. The summed E-state index contributed by atoms with van der Waals surface area (Å²) in [6.45, 7) is 0.603. The lowest BCUT2D eigenvalue weighted by atomic mass is 10.2. The van der Waals surface area contributed by atoms with Gasteiger partial charge in [-0.3, -0.25) is 4.79 Å². The van der Waals surface area contributed by atoms with E-state index >= 15 is 0 Å². The third-order valence-corrected chi connectivity index (χ3v) is 5.00. The molecular weight excluding hydrogens is 408 g/mol. The number of hydrogen-bond acceptors (Lipinski definition) is 6. The molecule has 5 aromatic rings. The number of methoxy groups -OCH3 is 1. The van der Waals surface area contributed by atoms with Crippen molar-refractivity contribution >= 4 is 22.5 Å². The molecule has 3 aromatic heterocycles. The first-order valence-corrected chi connectivity index (χ1v) is 10.1. The van der Waals surface area contributed by atoms with Crippen molar-refractivity contribution in [3.63, 3.8) is 0 Å². The van der Waals surface area contributed by atoms with Crippen LogP contribution in [0.4, 0.5) is 0 Å². The summed E-state index contributed by atoms with van der Waals surface area (Å²) >= 11 is 0. The lowest BCUT2D eigenvalue weighted by molar-refractivity contribution is 0.0942. The predicted molar refractivity (Wildman–Crippen MR) is 119 cm³/mol. The number of hydrogen-bond donors (Lipinski definition) is 2. The lowest BCUT2D eigenvalue weighted by Crippen LogP contribution is -2.28. The van der Waals surface area contributed by atoms with Crippen LogP contribution in [0.3, 0.4) is 0 Å². The molecule has 0 bridgehead atoms. The first kappa shape index (κ1) is 19.6. The van der Waals surface area contributed by atoms with Gasteiger partial charge in [-0.25, -0.2) is 0 Å². The van der Waals surface area contributed by atoms with Gasteiger partial charge in [0, 0.05) is 22.5 Å². The van der Waals surface area contributed by atoms with E-state index in [4.69, 9.17) is 9.47 Å². The van der Waals surface area contributed by atoms with Crippen molar-refractivity contribution in [3.8, 4) is 23.0 Å². The second kappa shape index (κ2) is 8.38. The maximum absolute atomic E-state index is 12.4. The Morgan fingerprint density at radius 3 is 2.72 bits per heavy atom. The third-order valence-electron chi connectivity index (χ3n) is 5.00. The van der Waals surface area contributed by atoms with Crippen molar-refractivity contribution in [1.29, 1.82) is 0 Å². The second-order valence-corrected chi connectivity index (χ2v) is 7.07. The van der Waals surface area contributed by atoms with Gasteiger partial charge in [0.2, 0.25) is 5.88 Å². The van der Waals surface area contributed by atoms with E-state index < -0.39 is 0 Å². The van der Waals surface area contributed by atoms with Crippen molar-refractivity contribution in [2.75, 3.05) is 20.3 Å². The van der Waals surface area contributed by atoms with E-state index in [1.54, 1.807) is 23.8 Å². The summed E-state index contributed by atoms with van der Waals surface area (Å²) in [5, 5.41) is 16.7. The highest BCUT2D eigenvalue weighted by Crippen LogP contribution is 2.22. The summed E-state index contributed by atoms with van der Waals surface area (Å²) in [7, 11) is 1.62. The van der Waals surface area contributed by atoms with E-state index in [0.717, 1.165) is 22.2 Å². The van der Waals surface area contributed by atoms with Crippen LogP contribution in [0.15, 0.2) is 66.7 Å². The van der Waals surface area contributed by atoms with Crippen molar-refractivity contribution in [2.24, 2.45) is 0 Å². The zero-order chi connectivity index (χ0) is 21.9. The third kappa shape index (κ3) is 3.83. The normalized spacial score (nSPS) is 11.0.